The third-order valence-electron chi connectivity index (χ3n) is 3.03. The molecule has 3 heteroatoms. The third kappa shape index (κ3) is 4.98. The SMILES string of the molecule is CC(C)CC(N)C(=O)CCc1cccc(CN)c1. The minimum atomic E-state index is -0.317. The van der Waals surface area contributed by atoms with Gasteiger partial charge >= 0.3 is 0 Å². The van der Waals surface area contributed by atoms with Crippen LogP contribution in [0.1, 0.15) is 37.8 Å². The number of rotatable bonds is 7. The van der Waals surface area contributed by atoms with Crippen molar-refractivity contribution in [1.29, 1.82) is 0 Å². The molecular weight excluding hydrogens is 224 g/mol. The molecule has 1 atom stereocenters. The summed E-state index contributed by atoms with van der Waals surface area (Å²) < 4.78 is 0. The molecule has 0 heterocycles. The molecule has 1 aromatic rings. The van der Waals surface area contributed by atoms with Gasteiger partial charge in [-0.3, -0.25) is 4.79 Å². The van der Waals surface area contributed by atoms with E-state index in [-0.39, 0.29) is 11.8 Å². The second kappa shape index (κ2) is 7.29. The highest BCUT2D eigenvalue weighted by molar-refractivity contribution is 5.83. The van der Waals surface area contributed by atoms with Gasteiger partial charge in [0, 0.05) is 13.0 Å². The van der Waals surface area contributed by atoms with Crippen molar-refractivity contribution < 1.29 is 4.79 Å². The largest absolute Gasteiger partial charge is 0.326 e. The molecule has 3 nitrogen and oxygen atoms in total. The minimum absolute atomic E-state index is 0.154. The molecular formula is C15H24N2O. The van der Waals surface area contributed by atoms with Crippen molar-refractivity contribution in [3.8, 4) is 0 Å². The lowest BCUT2D eigenvalue weighted by molar-refractivity contribution is -0.120. The molecule has 0 amide bonds. The Kier molecular flexibility index (Phi) is 6.02. The van der Waals surface area contributed by atoms with Crippen LogP contribution in [0.3, 0.4) is 0 Å². The minimum Gasteiger partial charge on any atom is -0.326 e. The Labute approximate surface area is 110 Å². The fourth-order valence-corrected chi connectivity index (χ4v) is 2.00. The number of benzene rings is 1. The van der Waals surface area contributed by atoms with Crippen molar-refractivity contribution >= 4 is 5.78 Å². The quantitative estimate of drug-likeness (QED) is 0.775. The van der Waals surface area contributed by atoms with E-state index < -0.39 is 0 Å². The third-order valence-corrected chi connectivity index (χ3v) is 3.03. The summed E-state index contributed by atoms with van der Waals surface area (Å²) >= 11 is 0. The number of ketones is 1. The van der Waals surface area contributed by atoms with E-state index in [2.05, 4.69) is 19.9 Å². The lowest BCUT2D eigenvalue weighted by Gasteiger charge is -2.12. The molecule has 0 spiro atoms. The van der Waals surface area contributed by atoms with Crippen molar-refractivity contribution in [3.63, 3.8) is 0 Å². The Balaban J connectivity index is 2.46. The highest BCUT2D eigenvalue weighted by Crippen LogP contribution is 2.10. The van der Waals surface area contributed by atoms with Gasteiger partial charge in [-0.2, -0.15) is 0 Å². The van der Waals surface area contributed by atoms with Gasteiger partial charge in [-0.1, -0.05) is 38.1 Å². The Morgan fingerprint density at radius 1 is 1.28 bits per heavy atom. The zero-order valence-electron chi connectivity index (χ0n) is 11.4. The Hall–Kier alpha value is -1.19. The average molecular weight is 248 g/mol. The predicted octanol–water partition coefficient (Wildman–Crippen LogP) is 2.02. The summed E-state index contributed by atoms with van der Waals surface area (Å²) in [5.74, 6) is 0.617. The fraction of sp³-hybridized carbons (Fsp3) is 0.533. The number of Topliss-reactive ketones (excluding diaryl/α,β-unsaturated/α-hetero) is 1. The maximum atomic E-state index is 11.9. The first kappa shape index (κ1) is 14.9. The molecule has 0 aliphatic carbocycles. The lowest BCUT2D eigenvalue weighted by atomic mass is 9.97. The molecule has 0 saturated carbocycles. The topological polar surface area (TPSA) is 69.1 Å². The van der Waals surface area contributed by atoms with Crippen LogP contribution in [0.5, 0.6) is 0 Å². The van der Waals surface area contributed by atoms with Crippen molar-refractivity contribution in [3.05, 3.63) is 35.4 Å². The summed E-state index contributed by atoms with van der Waals surface area (Å²) in [5.41, 5.74) is 13.7. The predicted molar refractivity (Wildman–Crippen MR) is 75.1 cm³/mol. The van der Waals surface area contributed by atoms with E-state index in [1.807, 2.05) is 18.2 Å². The van der Waals surface area contributed by atoms with Gasteiger partial charge in [0.05, 0.1) is 6.04 Å². The zero-order chi connectivity index (χ0) is 13.5. The molecule has 4 N–H and O–H groups in total. The second-order valence-corrected chi connectivity index (χ2v) is 5.23. The molecule has 0 aliphatic rings. The van der Waals surface area contributed by atoms with Gasteiger partial charge in [0.2, 0.25) is 0 Å². The summed E-state index contributed by atoms with van der Waals surface area (Å²) in [6.07, 6.45) is 2.03. The molecule has 18 heavy (non-hydrogen) atoms. The molecule has 100 valence electrons. The maximum absolute atomic E-state index is 11.9. The first-order chi connectivity index (χ1) is 8.52. The molecule has 0 saturated heterocycles. The molecule has 0 fully saturated rings. The van der Waals surface area contributed by atoms with Gasteiger partial charge in [0.25, 0.3) is 0 Å². The highest BCUT2D eigenvalue weighted by atomic mass is 16.1. The van der Waals surface area contributed by atoms with E-state index in [0.29, 0.717) is 18.9 Å². The van der Waals surface area contributed by atoms with Gasteiger partial charge in [-0.05, 0) is 29.9 Å². The van der Waals surface area contributed by atoms with Crippen LogP contribution in [0.15, 0.2) is 24.3 Å². The molecule has 1 unspecified atom stereocenters. The molecule has 0 radical (unpaired) electrons. The molecule has 1 rings (SSSR count). The smallest absolute Gasteiger partial charge is 0.149 e. The van der Waals surface area contributed by atoms with Crippen molar-refractivity contribution in [1.82, 2.24) is 0 Å². The number of hydrogen-bond acceptors (Lipinski definition) is 3. The van der Waals surface area contributed by atoms with Gasteiger partial charge in [-0.25, -0.2) is 0 Å². The number of hydrogen-bond donors (Lipinski definition) is 2. The van der Waals surface area contributed by atoms with Gasteiger partial charge in [-0.15, -0.1) is 0 Å². The fourth-order valence-electron chi connectivity index (χ4n) is 2.00. The van der Waals surface area contributed by atoms with Gasteiger partial charge in [0.15, 0.2) is 0 Å². The van der Waals surface area contributed by atoms with Crippen LogP contribution in [-0.2, 0) is 17.8 Å². The number of carbonyl (C=O) groups is 1. The maximum Gasteiger partial charge on any atom is 0.149 e. The van der Waals surface area contributed by atoms with Crippen LogP contribution in [0.4, 0.5) is 0 Å². The standard InChI is InChI=1S/C15H24N2O/c1-11(2)8-14(17)15(18)7-6-12-4-3-5-13(9-12)10-16/h3-5,9,11,14H,6-8,10,16-17H2,1-2H3. The van der Waals surface area contributed by atoms with E-state index in [0.717, 1.165) is 24.0 Å². The zero-order valence-corrected chi connectivity index (χ0v) is 11.4. The lowest BCUT2D eigenvalue weighted by Crippen LogP contribution is -2.32. The van der Waals surface area contributed by atoms with Crippen molar-refractivity contribution in [2.75, 3.05) is 0 Å². The normalized spacial score (nSPS) is 12.7. The van der Waals surface area contributed by atoms with E-state index in [1.165, 1.54) is 0 Å². The van der Waals surface area contributed by atoms with Crippen molar-refractivity contribution in [2.45, 2.75) is 45.7 Å². The molecule has 0 bridgehead atoms. The van der Waals surface area contributed by atoms with Crippen LogP contribution < -0.4 is 11.5 Å². The summed E-state index contributed by atoms with van der Waals surface area (Å²) in [6.45, 7) is 4.70. The first-order valence-corrected chi connectivity index (χ1v) is 6.59. The average Bonchev–Trinajstić information content (AvgIpc) is 2.35. The number of aryl methyl sites for hydroxylation is 1. The van der Waals surface area contributed by atoms with Crippen LogP contribution in [-0.4, -0.2) is 11.8 Å². The summed E-state index contributed by atoms with van der Waals surface area (Å²) in [4.78, 5) is 11.9. The second-order valence-electron chi connectivity index (χ2n) is 5.23. The van der Waals surface area contributed by atoms with E-state index >= 15 is 0 Å². The molecule has 0 aromatic heterocycles. The monoisotopic (exact) mass is 248 g/mol. The Morgan fingerprint density at radius 3 is 2.56 bits per heavy atom. The van der Waals surface area contributed by atoms with Crippen LogP contribution >= 0.6 is 0 Å². The van der Waals surface area contributed by atoms with E-state index in [4.69, 9.17) is 11.5 Å². The summed E-state index contributed by atoms with van der Waals surface area (Å²) in [5, 5.41) is 0. The number of carbonyl (C=O) groups excluding carboxylic acids is 1. The first-order valence-electron chi connectivity index (χ1n) is 6.59. The van der Waals surface area contributed by atoms with Crippen LogP contribution in [0, 0.1) is 5.92 Å². The Morgan fingerprint density at radius 2 is 1.94 bits per heavy atom. The van der Waals surface area contributed by atoms with Crippen LogP contribution in [0.25, 0.3) is 0 Å². The molecule has 1 aromatic carbocycles. The summed E-state index contributed by atoms with van der Waals surface area (Å²) in [7, 11) is 0. The van der Waals surface area contributed by atoms with E-state index in [9.17, 15) is 4.79 Å². The van der Waals surface area contributed by atoms with Gasteiger partial charge < -0.3 is 11.5 Å². The summed E-state index contributed by atoms with van der Waals surface area (Å²) in [6, 6.07) is 7.75. The van der Waals surface area contributed by atoms with Crippen LogP contribution in [0.2, 0.25) is 0 Å². The van der Waals surface area contributed by atoms with Gasteiger partial charge in [0.1, 0.15) is 5.78 Å². The van der Waals surface area contributed by atoms with Crippen molar-refractivity contribution in [2.24, 2.45) is 17.4 Å². The molecule has 0 aliphatic heterocycles. The van der Waals surface area contributed by atoms with E-state index in [1.54, 1.807) is 0 Å². The number of nitrogens with two attached hydrogens (primary N) is 2. The Bertz CT molecular complexity index is 388. The highest BCUT2D eigenvalue weighted by Gasteiger charge is 2.14.